The molecule has 0 saturated carbocycles. The third-order valence-electron chi connectivity index (χ3n) is 3.88. The average molecular weight is 485 g/mol. The number of halogens is 4. The highest BCUT2D eigenvalue weighted by molar-refractivity contribution is 14.1. The van der Waals surface area contributed by atoms with Crippen molar-refractivity contribution in [2.75, 3.05) is 20.1 Å². The maximum Gasteiger partial charge on any atom is 0.164 e. The first-order valence-corrected chi connectivity index (χ1v) is 8.91. The van der Waals surface area contributed by atoms with E-state index in [1.807, 2.05) is 6.07 Å². The van der Waals surface area contributed by atoms with Gasteiger partial charge < -0.3 is 4.90 Å². The monoisotopic (exact) mass is 483 g/mol. The van der Waals surface area contributed by atoms with E-state index in [-0.39, 0.29) is 11.7 Å². The maximum absolute atomic E-state index is 14.4. The lowest BCUT2D eigenvalue weighted by atomic mass is 9.96. The lowest BCUT2D eigenvalue weighted by molar-refractivity contribution is 0.251. The molecule has 0 amide bonds. The molecule has 1 aliphatic rings. The molecule has 0 N–H and O–H groups in total. The van der Waals surface area contributed by atoms with Crippen molar-refractivity contribution in [3.05, 3.63) is 30.9 Å². The molecule has 21 heavy (non-hydrogen) atoms. The molecule has 3 nitrogen and oxygen atoms in total. The molecule has 2 heterocycles. The van der Waals surface area contributed by atoms with Gasteiger partial charge in [-0.05, 0) is 77.6 Å². The number of piperidine rings is 1. The summed E-state index contributed by atoms with van der Waals surface area (Å²) in [5.41, 5.74) is 0.302. The minimum Gasteiger partial charge on any atom is -0.306 e. The van der Waals surface area contributed by atoms with Gasteiger partial charge in [-0.2, -0.15) is 0 Å². The van der Waals surface area contributed by atoms with Gasteiger partial charge in [0.1, 0.15) is 16.5 Å². The van der Waals surface area contributed by atoms with Gasteiger partial charge in [0, 0.05) is 14.9 Å². The Hall–Kier alpha value is -0.0500. The van der Waals surface area contributed by atoms with Gasteiger partial charge in [0.25, 0.3) is 0 Å². The molecule has 1 aromatic heterocycles. The fourth-order valence-corrected chi connectivity index (χ4v) is 3.68. The molecule has 1 fully saturated rings. The molecule has 0 radical (unpaired) electrons. The van der Waals surface area contributed by atoms with Crippen LogP contribution in [0, 0.1) is 9.39 Å². The summed E-state index contributed by atoms with van der Waals surface area (Å²) in [5.74, 6) is 0.545. The smallest absolute Gasteiger partial charge is 0.164 e. The molecule has 0 aliphatic carbocycles. The van der Waals surface area contributed by atoms with E-state index in [1.165, 1.54) is 0 Å². The molecule has 1 saturated heterocycles. The van der Waals surface area contributed by atoms with E-state index in [1.54, 1.807) is 0 Å². The van der Waals surface area contributed by atoms with E-state index in [9.17, 15) is 4.39 Å². The first-order chi connectivity index (χ1) is 9.97. The first kappa shape index (κ1) is 15.8. The minimum absolute atomic E-state index is 0.251. The highest BCUT2D eigenvalue weighted by Crippen LogP contribution is 2.34. The molecule has 0 bridgehead atoms. The summed E-state index contributed by atoms with van der Waals surface area (Å²) in [4.78, 5) is 11.2. The number of aromatic nitrogens is 2. The molecular weight excluding hydrogens is 471 g/mol. The van der Waals surface area contributed by atoms with Crippen molar-refractivity contribution in [2.24, 2.45) is 0 Å². The molecule has 7 heteroatoms. The largest absolute Gasteiger partial charge is 0.306 e. The number of benzene rings is 1. The van der Waals surface area contributed by atoms with Crippen molar-refractivity contribution >= 4 is 61.0 Å². The van der Waals surface area contributed by atoms with E-state index in [4.69, 9.17) is 11.6 Å². The van der Waals surface area contributed by atoms with Crippen LogP contribution in [0.1, 0.15) is 24.6 Å². The number of nitrogens with zero attached hydrogens (tertiary/aromatic N) is 3. The van der Waals surface area contributed by atoms with Crippen LogP contribution in [0.2, 0.25) is 5.15 Å². The second-order valence-electron chi connectivity index (χ2n) is 5.33. The third kappa shape index (κ3) is 3.04. The summed E-state index contributed by atoms with van der Waals surface area (Å²) in [7, 11) is 2.10. The summed E-state index contributed by atoms with van der Waals surface area (Å²) in [6, 6.07) is 1.81. The predicted octanol–water partition coefficient (Wildman–Crippen LogP) is 4.60. The summed E-state index contributed by atoms with van der Waals surface area (Å²) >= 11 is 11.6. The van der Waals surface area contributed by atoms with Crippen LogP contribution in [0.15, 0.2) is 10.5 Å². The number of likely N-dealkylation sites (tertiary alicyclic amines) is 1. The lowest BCUT2D eigenvalue weighted by Crippen LogP contribution is -2.30. The number of fused-ring (bicyclic) bond motifs is 1. The Kier molecular flexibility index (Phi) is 4.69. The molecule has 3 rings (SSSR count). The molecule has 1 aliphatic heterocycles. The van der Waals surface area contributed by atoms with Gasteiger partial charge >= 0.3 is 0 Å². The van der Waals surface area contributed by atoms with Crippen LogP contribution >= 0.6 is 50.1 Å². The van der Waals surface area contributed by atoms with Crippen LogP contribution < -0.4 is 0 Å². The Labute approximate surface area is 149 Å². The van der Waals surface area contributed by atoms with E-state index in [0.29, 0.717) is 26.4 Å². The average Bonchev–Trinajstić information content (AvgIpc) is 2.47. The van der Waals surface area contributed by atoms with Gasteiger partial charge in [0.05, 0.1) is 4.47 Å². The van der Waals surface area contributed by atoms with Crippen molar-refractivity contribution in [3.63, 3.8) is 0 Å². The summed E-state index contributed by atoms with van der Waals surface area (Å²) in [6.45, 7) is 2.01. The Bertz CT molecular complexity index is 704. The van der Waals surface area contributed by atoms with Crippen LogP contribution in [0.3, 0.4) is 0 Å². The van der Waals surface area contributed by atoms with E-state index in [2.05, 4.69) is 60.4 Å². The Morgan fingerprint density at radius 3 is 2.71 bits per heavy atom. The Balaban J connectivity index is 2.10. The summed E-state index contributed by atoms with van der Waals surface area (Å²) in [6.07, 6.45) is 1.96. The topological polar surface area (TPSA) is 29.0 Å². The summed E-state index contributed by atoms with van der Waals surface area (Å²) < 4.78 is 15.6. The lowest BCUT2D eigenvalue weighted by Gasteiger charge is -2.28. The zero-order chi connectivity index (χ0) is 15.1. The van der Waals surface area contributed by atoms with Gasteiger partial charge in [-0.15, -0.1) is 0 Å². The first-order valence-electron chi connectivity index (χ1n) is 6.66. The van der Waals surface area contributed by atoms with Gasteiger partial charge in [-0.3, -0.25) is 0 Å². The fourth-order valence-electron chi connectivity index (χ4n) is 2.60. The van der Waals surface area contributed by atoms with Crippen LogP contribution in [-0.4, -0.2) is 35.0 Å². The van der Waals surface area contributed by atoms with Crippen molar-refractivity contribution in [1.29, 1.82) is 0 Å². The SMILES string of the molecule is CN1CCC(c2nc(Cl)c3cc(I)c(Br)c(F)c3n2)CC1. The Morgan fingerprint density at radius 1 is 1.38 bits per heavy atom. The third-order valence-corrected chi connectivity index (χ3v) is 6.54. The van der Waals surface area contributed by atoms with Crippen LogP contribution in [0.25, 0.3) is 10.9 Å². The second-order valence-corrected chi connectivity index (χ2v) is 7.65. The van der Waals surface area contributed by atoms with Crippen LogP contribution in [0.5, 0.6) is 0 Å². The molecular formula is C14H13BrClFIN3. The van der Waals surface area contributed by atoms with E-state index >= 15 is 0 Å². The molecule has 0 atom stereocenters. The van der Waals surface area contributed by atoms with E-state index in [0.717, 1.165) is 29.5 Å². The quantitative estimate of drug-likeness (QED) is 0.337. The number of hydrogen-bond donors (Lipinski definition) is 0. The maximum atomic E-state index is 14.4. The number of hydrogen-bond acceptors (Lipinski definition) is 3. The molecule has 2 aromatic rings. The van der Waals surface area contributed by atoms with Crippen molar-refractivity contribution < 1.29 is 4.39 Å². The normalized spacial score (nSPS) is 17.6. The highest BCUT2D eigenvalue weighted by Gasteiger charge is 2.23. The number of rotatable bonds is 1. The van der Waals surface area contributed by atoms with Crippen LogP contribution in [-0.2, 0) is 0 Å². The standard InChI is InChI=1S/C14H13BrClFIN3/c1-21-4-2-7(3-5-21)14-19-12-8(13(16)20-14)6-9(18)10(15)11(12)17/h6-7H,2-5H2,1H3. The van der Waals surface area contributed by atoms with E-state index < -0.39 is 0 Å². The van der Waals surface area contributed by atoms with Crippen molar-refractivity contribution in [3.8, 4) is 0 Å². The molecule has 112 valence electrons. The molecule has 1 aromatic carbocycles. The van der Waals surface area contributed by atoms with Gasteiger partial charge in [0.2, 0.25) is 0 Å². The minimum atomic E-state index is -0.365. The Morgan fingerprint density at radius 2 is 2.05 bits per heavy atom. The fraction of sp³-hybridized carbons (Fsp3) is 0.429. The summed E-state index contributed by atoms with van der Waals surface area (Å²) in [5, 5.41) is 0.900. The zero-order valence-corrected chi connectivity index (χ0v) is 15.8. The van der Waals surface area contributed by atoms with Gasteiger partial charge in [-0.1, -0.05) is 11.6 Å². The van der Waals surface area contributed by atoms with Gasteiger partial charge in [0.15, 0.2) is 5.82 Å². The van der Waals surface area contributed by atoms with Crippen LogP contribution in [0.4, 0.5) is 4.39 Å². The zero-order valence-electron chi connectivity index (χ0n) is 11.3. The predicted molar refractivity (Wildman–Crippen MR) is 94.4 cm³/mol. The van der Waals surface area contributed by atoms with Gasteiger partial charge in [-0.25, -0.2) is 14.4 Å². The molecule has 0 unspecified atom stereocenters. The van der Waals surface area contributed by atoms with Crippen molar-refractivity contribution in [1.82, 2.24) is 14.9 Å². The molecule has 0 spiro atoms. The second kappa shape index (κ2) is 6.22. The van der Waals surface area contributed by atoms with Crippen molar-refractivity contribution in [2.45, 2.75) is 18.8 Å². The highest BCUT2D eigenvalue weighted by atomic mass is 127.